The Labute approximate surface area is 156 Å². The summed E-state index contributed by atoms with van der Waals surface area (Å²) in [5.74, 6) is 0.985. The van der Waals surface area contributed by atoms with Crippen LogP contribution >= 0.6 is 0 Å². The average Bonchev–Trinajstić information content (AvgIpc) is 3.27. The van der Waals surface area contributed by atoms with Gasteiger partial charge >= 0.3 is 0 Å². The van der Waals surface area contributed by atoms with E-state index in [-0.39, 0.29) is 5.91 Å². The van der Waals surface area contributed by atoms with Gasteiger partial charge in [0.2, 0.25) is 0 Å². The van der Waals surface area contributed by atoms with Crippen molar-refractivity contribution in [1.82, 2.24) is 19.2 Å². The summed E-state index contributed by atoms with van der Waals surface area (Å²) in [4.78, 5) is 16.8. The monoisotopic (exact) mass is 361 g/mol. The van der Waals surface area contributed by atoms with Crippen molar-refractivity contribution in [2.24, 2.45) is 7.05 Å². The number of benzene rings is 1. The SMILES string of the molecule is Cc1cccn2cc(COc3ccc(C(=O)Nc4ccn(C)n4)cc3)nc12. The number of hydrogen-bond donors (Lipinski definition) is 1. The maximum Gasteiger partial charge on any atom is 0.256 e. The van der Waals surface area contributed by atoms with E-state index in [0.29, 0.717) is 23.7 Å². The second-order valence-corrected chi connectivity index (χ2v) is 6.30. The molecule has 0 saturated carbocycles. The second-order valence-electron chi connectivity index (χ2n) is 6.30. The predicted molar refractivity (Wildman–Crippen MR) is 102 cm³/mol. The molecule has 0 saturated heterocycles. The van der Waals surface area contributed by atoms with E-state index < -0.39 is 0 Å². The number of carbonyl (C=O) groups excluding carboxylic acids is 1. The van der Waals surface area contributed by atoms with Crippen LogP contribution in [0.3, 0.4) is 0 Å². The van der Waals surface area contributed by atoms with Crippen molar-refractivity contribution in [1.29, 1.82) is 0 Å². The van der Waals surface area contributed by atoms with E-state index >= 15 is 0 Å². The standard InChI is InChI=1S/C20H19N5O2/c1-14-4-3-10-25-12-16(21-19(14)25)13-27-17-7-5-15(6-8-17)20(26)22-18-9-11-24(2)23-18/h3-12H,13H2,1-2H3,(H,22,23,26). The molecule has 3 aromatic heterocycles. The highest BCUT2D eigenvalue weighted by atomic mass is 16.5. The number of aryl methyl sites for hydroxylation is 2. The zero-order valence-corrected chi connectivity index (χ0v) is 15.1. The zero-order chi connectivity index (χ0) is 18.8. The van der Waals surface area contributed by atoms with Gasteiger partial charge in [0.1, 0.15) is 18.0 Å². The van der Waals surface area contributed by atoms with Crippen LogP contribution in [0.15, 0.2) is 61.1 Å². The average molecular weight is 361 g/mol. The lowest BCUT2D eigenvalue weighted by Crippen LogP contribution is -2.12. The molecule has 7 nitrogen and oxygen atoms in total. The van der Waals surface area contributed by atoms with Crippen LogP contribution in [-0.4, -0.2) is 25.1 Å². The van der Waals surface area contributed by atoms with Crippen LogP contribution in [0.2, 0.25) is 0 Å². The molecule has 0 atom stereocenters. The zero-order valence-electron chi connectivity index (χ0n) is 15.1. The highest BCUT2D eigenvalue weighted by Crippen LogP contribution is 2.16. The Morgan fingerprint density at radius 2 is 1.96 bits per heavy atom. The highest BCUT2D eigenvalue weighted by Gasteiger charge is 2.09. The minimum Gasteiger partial charge on any atom is -0.487 e. The summed E-state index contributed by atoms with van der Waals surface area (Å²) in [7, 11) is 1.80. The first kappa shape index (κ1) is 16.8. The Kier molecular flexibility index (Phi) is 4.33. The van der Waals surface area contributed by atoms with E-state index in [9.17, 15) is 4.79 Å². The number of ether oxygens (including phenoxy) is 1. The van der Waals surface area contributed by atoms with E-state index in [4.69, 9.17) is 4.74 Å². The van der Waals surface area contributed by atoms with Crippen molar-refractivity contribution in [3.63, 3.8) is 0 Å². The van der Waals surface area contributed by atoms with Crippen LogP contribution in [0, 0.1) is 6.92 Å². The molecule has 1 aromatic carbocycles. The second kappa shape index (κ2) is 6.95. The molecule has 4 rings (SSSR count). The number of pyridine rings is 1. The Hall–Kier alpha value is -3.61. The molecule has 1 amide bonds. The van der Waals surface area contributed by atoms with E-state index in [2.05, 4.69) is 15.4 Å². The molecule has 27 heavy (non-hydrogen) atoms. The van der Waals surface area contributed by atoms with Gasteiger partial charge in [0.15, 0.2) is 5.82 Å². The molecule has 0 radical (unpaired) electrons. The van der Waals surface area contributed by atoms with Crippen LogP contribution in [0.5, 0.6) is 5.75 Å². The molecule has 0 fully saturated rings. The number of fused-ring (bicyclic) bond motifs is 1. The van der Waals surface area contributed by atoms with Gasteiger partial charge in [-0.2, -0.15) is 5.10 Å². The number of aromatic nitrogens is 4. The van der Waals surface area contributed by atoms with Crippen LogP contribution in [0.25, 0.3) is 5.65 Å². The summed E-state index contributed by atoms with van der Waals surface area (Å²) >= 11 is 0. The maximum atomic E-state index is 12.2. The van der Waals surface area contributed by atoms with Gasteiger partial charge in [0, 0.05) is 37.3 Å². The van der Waals surface area contributed by atoms with Crippen LogP contribution < -0.4 is 10.1 Å². The van der Waals surface area contributed by atoms with E-state index in [0.717, 1.165) is 16.9 Å². The van der Waals surface area contributed by atoms with Crippen molar-refractivity contribution < 1.29 is 9.53 Å². The highest BCUT2D eigenvalue weighted by molar-refractivity contribution is 6.03. The van der Waals surface area contributed by atoms with E-state index in [1.807, 2.05) is 35.9 Å². The van der Waals surface area contributed by atoms with E-state index in [1.54, 1.807) is 48.3 Å². The third kappa shape index (κ3) is 3.67. The lowest BCUT2D eigenvalue weighted by atomic mass is 10.2. The van der Waals surface area contributed by atoms with Gasteiger partial charge < -0.3 is 14.5 Å². The van der Waals surface area contributed by atoms with Gasteiger partial charge in [-0.15, -0.1) is 0 Å². The summed E-state index contributed by atoms with van der Waals surface area (Å²) in [5, 5.41) is 6.88. The fraction of sp³-hybridized carbons (Fsp3) is 0.150. The Morgan fingerprint density at radius 3 is 2.67 bits per heavy atom. The Balaban J connectivity index is 1.39. The number of amides is 1. The summed E-state index contributed by atoms with van der Waals surface area (Å²) in [6.45, 7) is 2.39. The normalized spacial score (nSPS) is 10.9. The van der Waals surface area contributed by atoms with Crippen molar-refractivity contribution in [3.8, 4) is 5.75 Å². The molecule has 0 aliphatic heterocycles. The topological polar surface area (TPSA) is 73.5 Å². The van der Waals surface area contributed by atoms with Gasteiger partial charge in [0.25, 0.3) is 5.91 Å². The molecule has 1 N–H and O–H groups in total. The molecule has 0 aliphatic rings. The number of nitrogens with zero attached hydrogens (tertiary/aromatic N) is 4. The molecule has 0 spiro atoms. The number of rotatable bonds is 5. The van der Waals surface area contributed by atoms with Gasteiger partial charge in [-0.1, -0.05) is 6.07 Å². The molecule has 0 bridgehead atoms. The first-order chi connectivity index (χ1) is 13.1. The largest absolute Gasteiger partial charge is 0.487 e. The molecular formula is C20H19N5O2. The van der Waals surface area contributed by atoms with E-state index in [1.165, 1.54) is 0 Å². The van der Waals surface area contributed by atoms with Crippen LogP contribution in [-0.2, 0) is 13.7 Å². The van der Waals surface area contributed by atoms with Crippen molar-refractivity contribution in [2.45, 2.75) is 13.5 Å². The van der Waals surface area contributed by atoms with Crippen LogP contribution in [0.4, 0.5) is 5.82 Å². The smallest absolute Gasteiger partial charge is 0.256 e. The lowest BCUT2D eigenvalue weighted by Gasteiger charge is -2.06. The summed E-state index contributed by atoms with van der Waals surface area (Å²) < 4.78 is 9.41. The maximum absolute atomic E-state index is 12.2. The molecule has 4 aromatic rings. The summed E-state index contributed by atoms with van der Waals surface area (Å²) in [5.41, 5.74) is 3.43. The van der Waals surface area contributed by atoms with Crippen molar-refractivity contribution >= 4 is 17.4 Å². The minimum atomic E-state index is -0.212. The van der Waals surface area contributed by atoms with Gasteiger partial charge in [-0.25, -0.2) is 4.98 Å². The Morgan fingerprint density at radius 1 is 1.15 bits per heavy atom. The first-order valence-corrected chi connectivity index (χ1v) is 8.55. The van der Waals surface area contributed by atoms with Gasteiger partial charge in [0.05, 0.1) is 5.69 Å². The number of imidazole rings is 1. The molecule has 0 unspecified atom stereocenters. The quantitative estimate of drug-likeness (QED) is 0.592. The summed E-state index contributed by atoms with van der Waals surface area (Å²) in [6.07, 6.45) is 5.69. The number of anilines is 1. The molecule has 136 valence electrons. The van der Waals surface area contributed by atoms with Crippen molar-refractivity contribution in [2.75, 3.05) is 5.32 Å². The third-order valence-electron chi connectivity index (χ3n) is 4.19. The lowest BCUT2D eigenvalue weighted by molar-refractivity contribution is 0.102. The molecule has 7 heteroatoms. The molecule has 3 heterocycles. The third-order valence-corrected chi connectivity index (χ3v) is 4.19. The number of nitrogens with one attached hydrogen (secondary N) is 1. The molecule has 0 aliphatic carbocycles. The van der Waals surface area contributed by atoms with Gasteiger partial charge in [-0.3, -0.25) is 9.48 Å². The molecular weight excluding hydrogens is 342 g/mol. The van der Waals surface area contributed by atoms with Crippen LogP contribution in [0.1, 0.15) is 21.6 Å². The number of carbonyl (C=O) groups is 1. The number of hydrogen-bond acceptors (Lipinski definition) is 4. The Bertz CT molecular complexity index is 1100. The predicted octanol–water partition coefficient (Wildman–Crippen LogP) is 3.21. The van der Waals surface area contributed by atoms with Crippen molar-refractivity contribution in [3.05, 3.63) is 77.9 Å². The minimum absolute atomic E-state index is 0.212. The van der Waals surface area contributed by atoms with Gasteiger partial charge in [-0.05, 0) is 42.8 Å². The fourth-order valence-electron chi connectivity index (χ4n) is 2.80. The summed E-state index contributed by atoms with van der Waals surface area (Å²) in [6, 6.07) is 12.8. The first-order valence-electron chi connectivity index (χ1n) is 8.55. The fourth-order valence-corrected chi connectivity index (χ4v) is 2.80.